The van der Waals surface area contributed by atoms with E-state index in [1.807, 2.05) is 0 Å². The van der Waals surface area contributed by atoms with Crippen molar-refractivity contribution in [2.24, 2.45) is 0 Å². The minimum Gasteiger partial charge on any atom is -0.302 e. The first-order valence-corrected chi connectivity index (χ1v) is 4.00. The summed E-state index contributed by atoms with van der Waals surface area (Å²) in [6, 6.07) is 2.09. The van der Waals surface area contributed by atoms with Gasteiger partial charge in [-0.05, 0) is 18.1 Å². The molecule has 0 spiro atoms. The van der Waals surface area contributed by atoms with E-state index < -0.39 is 11.7 Å². The van der Waals surface area contributed by atoms with Gasteiger partial charge < -0.3 is 4.79 Å². The molecule has 2 nitrogen and oxygen atoms in total. The quantitative estimate of drug-likeness (QED) is 0.527. The van der Waals surface area contributed by atoms with Crippen LogP contribution in [0.25, 0.3) is 0 Å². The van der Waals surface area contributed by atoms with Crippen molar-refractivity contribution in [2.75, 3.05) is 0 Å². The van der Waals surface area contributed by atoms with Gasteiger partial charge in [0.25, 0.3) is 0 Å². The molecule has 0 saturated carbocycles. The van der Waals surface area contributed by atoms with Crippen LogP contribution < -0.4 is 0 Å². The molecule has 1 rings (SSSR count). The summed E-state index contributed by atoms with van der Waals surface area (Å²) < 4.78 is 37.1. The first kappa shape index (κ1) is 11.2. The van der Waals surface area contributed by atoms with Crippen molar-refractivity contribution in [2.45, 2.75) is 12.6 Å². The van der Waals surface area contributed by atoms with E-state index in [9.17, 15) is 18.0 Å². The van der Waals surface area contributed by atoms with Gasteiger partial charge in [-0.1, -0.05) is 5.92 Å². The van der Waals surface area contributed by atoms with Crippen LogP contribution in [0.1, 0.15) is 17.7 Å². The van der Waals surface area contributed by atoms with Crippen LogP contribution in [0.5, 0.6) is 0 Å². The third kappa shape index (κ3) is 3.09. The fraction of sp³-hybridized carbons (Fsp3) is 0.200. The number of aromatic nitrogens is 1. The molecule has 0 saturated heterocycles. The van der Waals surface area contributed by atoms with Gasteiger partial charge in [-0.25, -0.2) is 4.98 Å². The molecule has 0 atom stereocenters. The molecule has 0 aliphatic heterocycles. The monoisotopic (exact) mass is 213 g/mol. The van der Waals surface area contributed by atoms with Crippen LogP contribution in [-0.2, 0) is 11.0 Å². The average molecular weight is 213 g/mol. The molecule has 0 unspecified atom stereocenters. The molecule has 0 radical (unpaired) electrons. The molecule has 1 aromatic rings. The molecule has 0 N–H and O–H groups in total. The summed E-state index contributed by atoms with van der Waals surface area (Å²) in [5.41, 5.74) is -1.24. The number of hydrogen-bond acceptors (Lipinski definition) is 2. The van der Waals surface area contributed by atoms with Crippen LogP contribution in [-0.4, -0.2) is 11.3 Å². The molecule has 0 aliphatic carbocycles. The van der Waals surface area contributed by atoms with Crippen molar-refractivity contribution in [3.05, 3.63) is 29.6 Å². The second-order valence-corrected chi connectivity index (χ2v) is 2.57. The van der Waals surface area contributed by atoms with Crippen molar-refractivity contribution in [1.29, 1.82) is 0 Å². The van der Waals surface area contributed by atoms with Gasteiger partial charge in [-0.2, -0.15) is 13.2 Å². The number of nitrogens with zero attached hydrogens (tertiary/aromatic N) is 1. The second kappa shape index (κ2) is 4.60. The van der Waals surface area contributed by atoms with Gasteiger partial charge in [0.15, 0.2) is 0 Å². The third-order valence-electron chi connectivity index (χ3n) is 1.51. The molecule has 1 heterocycles. The van der Waals surface area contributed by atoms with E-state index in [4.69, 9.17) is 0 Å². The molecule has 0 bridgehead atoms. The Kier molecular flexibility index (Phi) is 3.45. The highest BCUT2D eigenvalue weighted by Crippen LogP contribution is 2.30. The van der Waals surface area contributed by atoms with Crippen molar-refractivity contribution >= 4 is 6.29 Å². The molecular weight excluding hydrogens is 207 g/mol. The van der Waals surface area contributed by atoms with E-state index in [1.165, 1.54) is 12.3 Å². The van der Waals surface area contributed by atoms with Crippen molar-refractivity contribution in [3.63, 3.8) is 0 Å². The lowest BCUT2D eigenvalue weighted by Crippen LogP contribution is -2.08. The third-order valence-corrected chi connectivity index (χ3v) is 1.51. The lowest BCUT2D eigenvalue weighted by atomic mass is 10.2. The maximum absolute atomic E-state index is 12.4. The fourth-order valence-corrected chi connectivity index (χ4v) is 0.910. The van der Waals surface area contributed by atoms with Gasteiger partial charge in [-0.15, -0.1) is 0 Å². The fourth-order valence-electron chi connectivity index (χ4n) is 0.910. The van der Waals surface area contributed by atoms with E-state index in [1.54, 1.807) is 0 Å². The number of pyridine rings is 1. The summed E-state index contributed by atoms with van der Waals surface area (Å²) in [5, 5.41) is 0. The molecule has 0 aliphatic rings. The van der Waals surface area contributed by atoms with E-state index in [-0.39, 0.29) is 12.1 Å². The Morgan fingerprint density at radius 1 is 1.47 bits per heavy atom. The highest BCUT2D eigenvalue weighted by molar-refractivity contribution is 5.55. The summed E-state index contributed by atoms with van der Waals surface area (Å²) in [6.07, 6.45) is -2.84. The number of carbonyl (C=O) groups is 1. The minimum atomic E-state index is -4.47. The number of halogens is 3. The summed E-state index contributed by atoms with van der Waals surface area (Å²) in [5.74, 6) is 4.49. The standard InChI is InChI=1S/C10H6F3NO/c11-10(12,13)8-4-3-6-14-9(8)5-1-2-7-15/h3-4,6-7H,2H2. The highest BCUT2D eigenvalue weighted by Gasteiger charge is 2.33. The Balaban J connectivity index is 3.09. The molecule has 15 heavy (non-hydrogen) atoms. The van der Waals surface area contributed by atoms with Crippen LogP contribution in [0.15, 0.2) is 18.3 Å². The maximum atomic E-state index is 12.4. The number of rotatable bonds is 1. The predicted octanol–water partition coefficient (Wildman–Crippen LogP) is 2.04. The average Bonchev–Trinajstić information content (AvgIpc) is 2.17. The lowest BCUT2D eigenvalue weighted by Gasteiger charge is -2.06. The molecule has 78 valence electrons. The molecular formula is C10H6F3NO. The largest absolute Gasteiger partial charge is 0.419 e. The summed E-state index contributed by atoms with van der Waals surface area (Å²) >= 11 is 0. The Bertz CT molecular complexity index is 415. The minimum absolute atomic E-state index is 0.103. The Morgan fingerprint density at radius 3 is 2.80 bits per heavy atom. The predicted molar refractivity (Wildman–Crippen MR) is 46.8 cm³/mol. The van der Waals surface area contributed by atoms with Crippen LogP contribution in [0.3, 0.4) is 0 Å². The summed E-state index contributed by atoms with van der Waals surface area (Å²) in [4.78, 5) is 13.4. The number of carbonyl (C=O) groups excluding carboxylic acids is 1. The van der Waals surface area contributed by atoms with E-state index in [0.717, 1.165) is 6.07 Å². The van der Waals surface area contributed by atoms with Crippen LogP contribution >= 0.6 is 0 Å². The van der Waals surface area contributed by atoms with Gasteiger partial charge in [0.1, 0.15) is 12.0 Å². The molecule has 5 heteroatoms. The Morgan fingerprint density at radius 2 is 2.20 bits per heavy atom. The first-order valence-electron chi connectivity index (χ1n) is 4.00. The van der Waals surface area contributed by atoms with Crippen molar-refractivity contribution in [1.82, 2.24) is 4.98 Å². The topological polar surface area (TPSA) is 30.0 Å². The van der Waals surface area contributed by atoms with E-state index >= 15 is 0 Å². The van der Waals surface area contributed by atoms with Crippen LogP contribution in [0.2, 0.25) is 0 Å². The number of aldehydes is 1. The van der Waals surface area contributed by atoms with Gasteiger partial charge in [-0.3, -0.25) is 0 Å². The molecule has 0 aromatic carbocycles. The van der Waals surface area contributed by atoms with Crippen LogP contribution in [0.4, 0.5) is 13.2 Å². The summed E-state index contributed by atoms with van der Waals surface area (Å²) in [6.45, 7) is 0. The molecule has 0 amide bonds. The van der Waals surface area contributed by atoms with Gasteiger partial charge in [0.2, 0.25) is 0 Å². The Labute approximate surface area is 84.1 Å². The number of alkyl halides is 3. The molecule has 1 aromatic heterocycles. The van der Waals surface area contributed by atoms with E-state index in [2.05, 4.69) is 16.8 Å². The van der Waals surface area contributed by atoms with Crippen LogP contribution in [0, 0.1) is 11.8 Å². The normalized spacial score (nSPS) is 10.3. The van der Waals surface area contributed by atoms with Crippen molar-refractivity contribution < 1.29 is 18.0 Å². The zero-order valence-corrected chi connectivity index (χ0v) is 7.51. The zero-order chi connectivity index (χ0) is 11.3. The Hall–Kier alpha value is -1.83. The molecule has 0 fully saturated rings. The second-order valence-electron chi connectivity index (χ2n) is 2.57. The smallest absolute Gasteiger partial charge is 0.302 e. The highest BCUT2D eigenvalue weighted by atomic mass is 19.4. The van der Waals surface area contributed by atoms with Crippen molar-refractivity contribution in [3.8, 4) is 11.8 Å². The van der Waals surface area contributed by atoms with Gasteiger partial charge in [0.05, 0.1) is 12.0 Å². The summed E-state index contributed by atoms with van der Waals surface area (Å²) in [7, 11) is 0. The van der Waals surface area contributed by atoms with Gasteiger partial charge >= 0.3 is 6.18 Å². The lowest BCUT2D eigenvalue weighted by molar-refractivity contribution is -0.138. The van der Waals surface area contributed by atoms with Gasteiger partial charge in [0, 0.05) is 6.20 Å². The SMILES string of the molecule is O=CCC#Cc1ncccc1C(F)(F)F. The zero-order valence-electron chi connectivity index (χ0n) is 7.51. The first-order chi connectivity index (χ1) is 7.05. The maximum Gasteiger partial charge on any atom is 0.419 e. The number of hydrogen-bond donors (Lipinski definition) is 0. The van der Waals surface area contributed by atoms with E-state index in [0.29, 0.717) is 6.29 Å².